The zero-order chi connectivity index (χ0) is 20.8. The van der Waals surface area contributed by atoms with Gasteiger partial charge in [-0.05, 0) is 18.2 Å². The number of thioether (sulfide) groups is 1. The van der Waals surface area contributed by atoms with Gasteiger partial charge in [-0.1, -0.05) is 65.4 Å². The normalized spacial score (nSPS) is 10.7. The van der Waals surface area contributed by atoms with Gasteiger partial charge in [0.25, 0.3) is 5.89 Å². The molecule has 0 bridgehead atoms. The summed E-state index contributed by atoms with van der Waals surface area (Å²) in [5, 5.41) is 7.39. The molecule has 0 aliphatic rings. The van der Waals surface area contributed by atoms with Crippen molar-refractivity contribution in [2.75, 3.05) is 5.75 Å². The summed E-state index contributed by atoms with van der Waals surface area (Å²) in [5.74, 6) is 0.535. The topological polar surface area (TPSA) is 80.9 Å². The number of nitrogens with zero attached hydrogens (tertiary/aromatic N) is 3. The molecule has 0 atom stereocenters. The molecular formula is C22H17FN4O2S. The summed E-state index contributed by atoms with van der Waals surface area (Å²) in [4.78, 5) is 20.7. The molecule has 150 valence electrons. The Morgan fingerprint density at radius 1 is 1.00 bits per heavy atom. The van der Waals surface area contributed by atoms with E-state index in [1.165, 1.54) is 17.8 Å². The molecule has 0 fully saturated rings. The van der Waals surface area contributed by atoms with Crippen LogP contribution in [0.2, 0.25) is 0 Å². The van der Waals surface area contributed by atoms with Gasteiger partial charge in [0.05, 0.1) is 16.3 Å². The second-order valence-electron chi connectivity index (χ2n) is 6.33. The maximum absolute atomic E-state index is 13.6. The van der Waals surface area contributed by atoms with Gasteiger partial charge in [-0.3, -0.25) is 4.79 Å². The lowest BCUT2D eigenvalue weighted by atomic mass is 10.2. The van der Waals surface area contributed by atoms with Crippen molar-refractivity contribution in [3.05, 3.63) is 84.3 Å². The molecular weight excluding hydrogens is 403 g/mol. The highest BCUT2D eigenvalue weighted by Crippen LogP contribution is 2.23. The molecule has 6 nitrogen and oxygen atoms in total. The number of benzene rings is 2. The molecule has 0 saturated heterocycles. The Bertz CT molecular complexity index is 1130. The number of halogens is 1. The molecule has 0 aliphatic carbocycles. The number of aromatic nitrogens is 3. The van der Waals surface area contributed by atoms with Gasteiger partial charge in [0.2, 0.25) is 11.7 Å². The van der Waals surface area contributed by atoms with Gasteiger partial charge >= 0.3 is 0 Å². The van der Waals surface area contributed by atoms with E-state index in [0.717, 1.165) is 5.56 Å². The van der Waals surface area contributed by atoms with E-state index < -0.39 is 0 Å². The van der Waals surface area contributed by atoms with Crippen molar-refractivity contribution in [1.82, 2.24) is 20.4 Å². The Balaban J connectivity index is 1.31. The third-order valence-electron chi connectivity index (χ3n) is 4.23. The van der Waals surface area contributed by atoms with Crippen LogP contribution in [0.1, 0.15) is 5.56 Å². The number of carbonyl (C=O) groups excluding carboxylic acids is 1. The van der Waals surface area contributed by atoms with Crippen LogP contribution in [0.5, 0.6) is 0 Å². The first-order valence-electron chi connectivity index (χ1n) is 9.17. The number of rotatable bonds is 7. The predicted molar refractivity (Wildman–Crippen MR) is 112 cm³/mol. The van der Waals surface area contributed by atoms with Crippen LogP contribution in [0.3, 0.4) is 0 Å². The van der Waals surface area contributed by atoms with E-state index in [4.69, 9.17) is 4.52 Å². The van der Waals surface area contributed by atoms with Gasteiger partial charge in [-0.25, -0.2) is 9.37 Å². The molecule has 2 aromatic carbocycles. The average Bonchev–Trinajstić information content (AvgIpc) is 3.28. The monoisotopic (exact) mass is 420 g/mol. The molecule has 0 saturated carbocycles. The van der Waals surface area contributed by atoms with E-state index in [9.17, 15) is 9.18 Å². The zero-order valence-corrected chi connectivity index (χ0v) is 16.6. The van der Waals surface area contributed by atoms with Gasteiger partial charge in [-0.2, -0.15) is 4.98 Å². The first kappa shape index (κ1) is 19.8. The second kappa shape index (κ2) is 9.32. The number of nitrogens with one attached hydrogen (secondary N) is 1. The summed E-state index contributed by atoms with van der Waals surface area (Å²) in [7, 11) is 0. The molecule has 4 rings (SSSR count). The van der Waals surface area contributed by atoms with Gasteiger partial charge in [0.15, 0.2) is 0 Å². The molecule has 0 radical (unpaired) electrons. The van der Waals surface area contributed by atoms with Crippen LogP contribution >= 0.6 is 11.8 Å². The van der Waals surface area contributed by atoms with Crippen LogP contribution in [-0.2, 0) is 11.3 Å². The highest BCUT2D eigenvalue weighted by molar-refractivity contribution is 7.99. The number of amides is 1. The van der Waals surface area contributed by atoms with Gasteiger partial charge in [0, 0.05) is 23.9 Å². The lowest BCUT2D eigenvalue weighted by Crippen LogP contribution is -2.25. The summed E-state index contributed by atoms with van der Waals surface area (Å²) in [6.45, 7) is 0.152. The summed E-state index contributed by atoms with van der Waals surface area (Å²) in [5.41, 5.74) is 2.01. The molecule has 0 unspecified atom stereocenters. The van der Waals surface area contributed by atoms with Crippen LogP contribution in [0, 0.1) is 5.82 Å². The summed E-state index contributed by atoms with van der Waals surface area (Å²) >= 11 is 1.29. The van der Waals surface area contributed by atoms with E-state index in [2.05, 4.69) is 20.4 Å². The minimum absolute atomic E-state index is 0.152. The molecule has 0 aliphatic heterocycles. The third kappa shape index (κ3) is 4.90. The number of hydrogen-bond donors (Lipinski definition) is 1. The smallest absolute Gasteiger partial charge is 0.259 e. The SMILES string of the molecule is O=C(CSc1ccc(-c2nc(-c3ccccc3)no2)cn1)NCc1ccccc1F. The summed E-state index contributed by atoms with van der Waals surface area (Å²) in [6.07, 6.45) is 1.63. The fraction of sp³-hybridized carbons (Fsp3) is 0.0909. The lowest BCUT2D eigenvalue weighted by molar-refractivity contribution is -0.118. The minimum atomic E-state index is -0.334. The fourth-order valence-electron chi connectivity index (χ4n) is 2.66. The van der Waals surface area contributed by atoms with Gasteiger partial charge < -0.3 is 9.84 Å². The van der Waals surface area contributed by atoms with E-state index in [1.807, 2.05) is 36.4 Å². The summed E-state index contributed by atoms with van der Waals surface area (Å²) in [6, 6.07) is 19.5. The summed E-state index contributed by atoms with van der Waals surface area (Å²) < 4.78 is 18.9. The largest absolute Gasteiger partial charge is 0.351 e. The number of pyridine rings is 1. The molecule has 4 aromatic rings. The maximum atomic E-state index is 13.6. The molecule has 2 heterocycles. The average molecular weight is 420 g/mol. The van der Waals surface area contributed by atoms with E-state index in [-0.39, 0.29) is 24.0 Å². The van der Waals surface area contributed by atoms with Crippen LogP contribution in [-0.4, -0.2) is 26.8 Å². The molecule has 1 N–H and O–H groups in total. The Morgan fingerprint density at radius 2 is 1.80 bits per heavy atom. The van der Waals surface area contributed by atoms with Crippen molar-refractivity contribution in [2.45, 2.75) is 11.6 Å². The molecule has 1 amide bonds. The van der Waals surface area contributed by atoms with Crippen LogP contribution < -0.4 is 5.32 Å². The zero-order valence-electron chi connectivity index (χ0n) is 15.8. The van der Waals surface area contributed by atoms with Crippen molar-refractivity contribution in [1.29, 1.82) is 0 Å². The fourth-order valence-corrected chi connectivity index (χ4v) is 3.34. The van der Waals surface area contributed by atoms with Gasteiger partial charge in [0.1, 0.15) is 5.82 Å². The van der Waals surface area contributed by atoms with E-state index in [0.29, 0.717) is 27.9 Å². The highest BCUT2D eigenvalue weighted by Gasteiger charge is 2.11. The van der Waals surface area contributed by atoms with Crippen LogP contribution in [0.4, 0.5) is 4.39 Å². The Hall–Kier alpha value is -3.52. The minimum Gasteiger partial charge on any atom is -0.351 e. The standard InChI is InChI=1S/C22H17FN4O2S/c23-18-9-5-4-8-16(18)12-24-19(28)14-30-20-11-10-17(13-25-20)22-26-21(27-29-22)15-6-2-1-3-7-15/h1-11,13H,12,14H2,(H,24,28). The second-order valence-corrected chi connectivity index (χ2v) is 7.33. The quantitative estimate of drug-likeness (QED) is 0.448. The molecule has 30 heavy (non-hydrogen) atoms. The van der Waals surface area contributed by atoms with Crippen molar-refractivity contribution in [2.24, 2.45) is 0 Å². The lowest BCUT2D eigenvalue weighted by Gasteiger charge is -2.06. The molecule has 0 spiro atoms. The van der Waals surface area contributed by atoms with E-state index >= 15 is 0 Å². The van der Waals surface area contributed by atoms with Crippen LogP contribution in [0.15, 0.2) is 82.5 Å². The van der Waals surface area contributed by atoms with Crippen molar-refractivity contribution in [3.8, 4) is 22.8 Å². The predicted octanol–water partition coefficient (Wildman–Crippen LogP) is 4.35. The number of carbonyl (C=O) groups is 1. The maximum Gasteiger partial charge on any atom is 0.259 e. The van der Waals surface area contributed by atoms with Crippen molar-refractivity contribution >= 4 is 17.7 Å². The van der Waals surface area contributed by atoms with E-state index in [1.54, 1.807) is 30.5 Å². The highest BCUT2D eigenvalue weighted by atomic mass is 32.2. The molecule has 2 aromatic heterocycles. The van der Waals surface area contributed by atoms with Crippen LogP contribution in [0.25, 0.3) is 22.8 Å². The van der Waals surface area contributed by atoms with Gasteiger partial charge in [-0.15, -0.1) is 0 Å². The van der Waals surface area contributed by atoms with Crippen molar-refractivity contribution < 1.29 is 13.7 Å². The Kier molecular flexibility index (Phi) is 6.14. The first-order chi connectivity index (χ1) is 14.7. The number of hydrogen-bond acceptors (Lipinski definition) is 6. The Labute approximate surface area is 176 Å². The molecule has 8 heteroatoms. The van der Waals surface area contributed by atoms with Crippen molar-refractivity contribution in [3.63, 3.8) is 0 Å². The Morgan fingerprint density at radius 3 is 2.57 bits per heavy atom. The first-order valence-corrected chi connectivity index (χ1v) is 10.2. The third-order valence-corrected chi connectivity index (χ3v) is 5.17.